The molecule has 2 unspecified atom stereocenters. The van der Waals surface area contributed by atoms with Gasteiger partial charge in [0, 0.05) is 44.1 Å². The maximum absolute atomic E-state index is 14.8. The Morgan fingerprint density at radius 2 is 1.63 bits per heavy atom. The van der Waals surface area contributed by atoms with E-state index in [-0.39, 0.29) is 23.4 Å². The summed E-state index contributed by atoms with van der Waals surface area (Å²) in [5.74, 6) is -4.04. The Bertz CT molecular complexity index is 1690. The second-order valence-corrected chi connectivity index (χ2v) is 13.3. The van der Waals surface area contributed by atoms with Crippen LogP contribution in [0.25, 0.3) is 11.1 Å². The van der Waals surface area contributed by atoms with Crippen LogP contribution < -0.4 is 9.80 Å². The zero-order valence-corrected chi connectivity index (χ0v) is 28.9. The lowest BCUT2D eigenvalue weighted by molar-refractivity contribution is -0.144. The van der Waals surface area contributed by atoms with Crippen molar-refractivity contribution in [3.05, 3.63) is 76.7 Å². The van der Waals surface area contributed by atoms with Crippen LogP contribution in [-0.2, 0) is 31.8 Å². The lowest BCUT2D eigenvalue weighted by atomic mass is 9.80. The normalized spacial score (nSPS) is 17.2. The summed E-state index contributed by atoms with van der Waals surface area (Å²) in [7, 11) is 1.45. The number of carbonyl (C=O) groups excluding carboxylic acids is 2. The molecule has 1 saturated heterocycles. The molecular weight excluding hydrogens is 648 g/mol. The van der Waals surface area contributed by atoms with E-state index in [0.29, 0.717) is 60.4 Å². The zero-order valence-electron chi connectivity index (χ0n) is 28.9. The van der Waals surface area contributed by atoms with Crippen LogP contribution in [0.2, 0.25) is 0 Å². The summed E-state index contributed by atoms with van der Waals surface area (Å²) in [6, 6.07) is 8.14. The minimum Gasteiger partial charge on any atom is -0.466 e. The molecule has 1 aromatic heterocycles. The first-order valence-electron chi connectivity index (χ1n) is 16.4. The molecule has 4 rings (SSSR count). The third kappa shape index (κ3) is 8.21. The molecule has 2 aromatic carbocycles. The Morgan fingerprint density at radius 1 is 0.980 bits per heavy atom. The highest BCUT2D eigenvalue weighted by Crippen LogP contribution is 2.42. The summed E-state index contributed by atoms with van der Waals surface area (Å²) < 4.78 is 90.5. The fraction of sp³-hybridized carbons (Fsp3) is 0.486. The highest BCUT2D eigenvalue weighted by atomic mass is 19.4. The van der Waals surface area contributed by atoms with Crippen LogP contribution >= 0.6 is 0 Å². The van der Waals surface area contributed by atoms with E-state index in [1.54, 1.807) is 26.0 Å². The molecule has 0 N–H and O–H groups in total. The van der Waals surface area contributed by atoms with E-state index in [1.807, 2.05) is 0 Å². The molecule has 2 atom stereocenters. The number of ether oxygens (including phenoxy) is 1. The van der Waals surface area contributed by atoms with Gasteiger partial charge in [0.1, 0.15) is 11.6 Å². The van der Waals surface area contributed by atoms with Crippen molar-refractivity contribution in [1.82, 2.24) is 4.98 Å². The van der Waals surface area contributed by atoms with Gasteiger partial charge in [-0.2, -0.15) is 13.2 Å². The first-order chi connectivity index (χ1) is 22.8. The van der Waals surface area contributed by atoms with Crippen molar-refractivity contribution in [1.29, 1.82) is 0 Å². The van der Waals surface area contributed by atoms with E-state index in [9.17, 15) is 35.9 Å². The summed E-state index contributed by atoms with van der Waals surface area (Å²) in [4.78, 5) is 34.3. The summed E-state index contributed by atoms with van der Waals surface area (Å²) in [6.45, 7) is 11.0. The maximum atomic E-state index is 14.8. The molecule has 0 radical (unpaired) electrons. The fourth-order valence-electron chi connectivity index (χ4n) is 6.38. The molecule has 6 nitrogen and oxygen atoms in total. The number of aromatic nitrogens is 1. The average molecular weight is 692 g/mol. The van der Waals surface area contributed by atoms with Gasteiger partial charge in [0.25, 0.3) is 5.92 Å². The zero-order chi connectivity index (χ0) is 36.5. The third-order valence-corrected chi connectivity index (χ3v) is 9.54. The number of esters is 1. The number of nitrogens with zero attached hydrogens (tertiary/aromatic N) is 3. The van der Waals surface area contributed by atoms with Crippen LogP contribution in [0, 0.1) is 24.6 Å². The van der Waals surface area contributed by atoms with Crippen LogP contribution in [0.1, 0.15) is 76.1 Å². The van der Waals surface area contributed by atoms with Gasteiger partial charge in [0.2, 0.25) is 5.91 Å². The van der Waals surface area contributed by atoms with Gasteiger partial charge in [-0.3, -0.25) is 9.59 Å². The fourth-order valence-corrected chi connectivity index (χ4v) is 6.38. The molecule has 2 heterocycles. The van der Waals surface area contributed by atoms with Gasteiger partial charge in [-0.05, 0) is 99.0 Å². The van der Waals surface area contributed by atoms with Gasteiger partial charge < -0.3 is 14.5 Å². The van der Waals surface area contributed by atoms with Gasteiger partial charge in [0.15, 0.2) is 0 Å². The van der Waals surface area contributed by atoms with E-state index in [0.717, 1.165) is 18.6 Å². The van der Waals surface area contributed by atoms with Crippen molar-refractivity contribution in [3.63, 3.8) is 0 Å². The number of anilines is 2. The molecule has 1 aliphatic rings. The van der Waals surface area contributed by atoms with Gasteiger partial charge >= 0.3 is 12.1 Å². The number of benzene rings is 2. The molecule has 0 saturated carbocycles. The number of aryl methyl sites for hydroxylation is 1. The summed E-state index contributed by atoms with van der Waals surface area (Å²) in [5.41, 5.74) is -1.99. The Morgan fingerprint density at radius 3 is 2.22 bits per heavy atom. The lowest BCUT2D eigenvalue weighted by Gasteiger charge is -2.38. The molecule has 0 spiro atoms. The minimum absolute atomic E-state index is 0.132. The Balaban J connectivity index is 1.75. The average Bonchev–Trinajstić information content (AvgIpc) is 3.04. The largest absolute Gasteiger partial charge is 0.466 e. The van der Waals surface area contributed by atoms with E-state index in [4.69, 9.17) is 4.74 Å². The number of likely N-dealkylation sites (N-methyl/N-ethyl adjacent to an activating group) is 1. The van der Waals surface area contributed by atoms with Crippen molar-refractivity contribution >= 4 is 23.4 Å². The number of hydrogen-bond donors (Lipinski definition) is 0. The maximum Gasteiger partial charge on any atom is 0.416 e. The van der Waals surface area contributed by atoms with Crippen molar-refractivity contribution < 1.29 is 40.7 Å². The van der Waals surface area contributed by atoms with Crippen molar-refractivity contribution in [3.8, 4) is 11.1 Å². The highest BCUT2D eigenvalue weighted by Gasteiger charge is 2.41. The molecule has 12 heteroatoms. The monoisotopic (exact) mass is 691 g/mol. The molecule has 49 heavy (non-hydrogen) atoms. The Labute approximate surface area is 283 Å². The lowest BCUT2D eigenvalue weighted by Crippen LogP contribution is -2.42. The number of carbonyl (C=O) groups is 2. The number of hydrogen-bond acceptors (Lipinski definition) is 5. The molecule has 1 aliphatic heterocycles. The van der Waals surface area contributed by atoms with E-state index < -0.39 is 46.8 Å². The van der Waals surface area contributed by atoms with E-state index in [2.05, 4.69) is 16.8 Å². The van der Waals surface area contributed by atoms with Crippen LogP contribution in [-0.4, -0.2) is 43.6 Å². The van der Waals surface area contributed by atoms with Crippen LogP contribution in [0.4, 0.5) is 37.8 Å². The van der Waals surface area contributed by atoms with Crippen molar-refractivity contribution in [2.45, 2.75) is 78.3 Å². The second kappa shape index (κ2) is 14.4. The molecule has 1 amide bonds. The van der Waals surface area contributed by atoms with Crippen molar-refractivity contribution in [2.24, 2.45) is 11.8 Å². The summed E-state index contributed by atoms with van der Waals surface area (Å²) in [5, 5.41) is 0. The number of piperidine rings is 1. The van der Waals surface area contributed by atoms with E-state index >= 15 is 0 Å². The van der Waals surface area contributed by atoms with Crippen molar-refractivity contribution in [2.75, 3.05) is 36.5 Å². The topological polar surface area (TPSA) is 62.7 Å². The number of amides is 1. The molecule has 1 fully saturated rings. The third-order valence-electron chi connectivity index (χ3n) is 9.54. The Hall–Kier alpha value is -4.09. The Kier molecular flexibility index (Phi) is 11.1. The number of alkyl halides is 5. The highest BCUT2D eigenvalue weighted by molar-refractivity contribution is 6.03. The number of rotatable bonds is 10. The first kappa shape index (κ1) is 37.7. The second-order valence-electron chi connectivity index (χ2n) is 13.3. The van der Waals surface area contributed by atoms with Gasteiger partial charge in [-0.25, -0.2) is 18.2 Å². The van der Waals surface area contributed by atoms with Crippen LogP contribution in [0.5, 0.6) is 0 Å². The molecule has 0 aliphatic carbocycles. The van der Waals surface area contributed by atoms with Gasteiger partial charge in [-0.1, -0.05) is 19.9 Å². The van der Waals surface area contributed by atoms with Crippen LogP contribution in [0.3, 0.4) is 0 Å². The standard InChI is InChI=1S/C37H43F6N3O3/c1-8-36(39,40)26-16-25(17-27(18-26)37(41,42)43)35(5,6)34(48)45(7)31-20-44-32(19-30(31)29-11-10-28(38)14-22(29)3)46-13-12-24(23(4)21-46)15-33(47)49-9-2/h10-11,14,16-20,23-24H,8-9,12-13,15,21H2,1-7H3. The molecular formula is C37H43F6N3O3. The van der Waals surface area contributed by atoms with Crippen LogP contribution in [0.15, 0.2) is 48.7 Å². The quantitative estimate of drug-likeness (QED) is 0.157. The number of halogens is 6. The minimum atomic E-state index is -4.92. The molecule has 3 aromatic rings. The van der Waals surface area contributed by atoms with Gasteiger partial charge in [0.05, 0.1) is 29.5 Å². The van der Waals surface area contributed by atoms with E-state index in [1.165, 1.54) is 51.0 Å². The van der Waals surface area contributed by atoms with Gasteiger partial charge in [-0.15, -0.1) is 0 Å². The smallest absolute Gasteiger partial charge is 0.416 e. The predicted octanol–water partition coefficient (Wildman–Crippen LogP) is 9.07. The first-order valence-corrected chi connectivity index (χ1v) is 16.4. The molecule has 266 valence electrons. The summed E-state index contributed by atoms with van der Waals surface area (Å²) >= 11 is 0. The SMILES string of the molecule is CCOC(=O)CC1CCN(c2cc(-c3ccc(F)cc3C)c(N(C)C(=O)C(C)(C)c3cc(C(F)(F)F)cc(C(F)(F)CC)c3)cn2)CC1C. The molecule has 0 bridgehead atoms. The summed E-state index contributed by atoms with van der Waals surface area (Å²) in [6.07, 6.45) is -3.11. The number of pyridine rings is 1. The predicted molar refractivity (Wildman–Crippen MR) is 177 cm³/mol.